The SMILES string of the molecule is COc1cc(C(=O)C=CNc2ccccc2)cc(OC)c1OC. The quantitative estimate of drug-likeness (QED) is 0.626. The molecule has 0 atom stereocenters. The van der Waals surface area contributed by atoms with Crippen molar-refractivity contribution in [3.63, 3.8) is 0 Å². The van der Waals surface area contributed by atoms with Gasteiger partial charge in [0.05, 0.1) is 21.3 Å². The summed E-state index contributed by atoms with van der Waals surface area (Å²) in [5.74, 6) is 1.17. The standard InChI is InChI=1S/C18H19NO4/c1-21-16-11-13(12-17(22-2)18(16)23-3)15(20)9-10-19-14-7-5-4-6-8-14/h4-12,19H,1-3H3. The molecule has 0 saturated heterocycles. The van der Waals surface area contributed by atoms with Gasteiger partial charge in [0.1, 0.15) is 0 Å². The van der Waals surface area contributed by atoms with Crippen molar-refractivity contribution in [2.24, 2.45) is 0 Å². The van der Waals surface area contributed by atoms with E-state index in [9.17, 15) is 4.79 Å². The van der Waals surface area contributed by atoms with Gasteiger partial charge in [0.25, 0.3) is 0 Å². The van der Waals surface area contributed by atoms with Gasteiger partial charge in [-0.3, -0.25) is 4.79 Å². The number of carbonyl (C=O) groups excluding carboxylic acids is 1. The fraction of sp³-hybridized carbons (Fsp3) is 0.167. The normalized spacial score (nSPS) is 10.4. The Bertz CT molecular complexity index is 670. The molecule has 0 aromatic heterocycles. The van der Waals surface area contributed by atoms with Gasteiger partial charge in [-0.2, -0.15) is 0 Å². The lowest BCUT2D eigenvalue weighted by atomic mass is 10.1. The number of hydrogen-bond acceptors (Lipinski definition) is 5. The maximum Gasteiger partial charge on any atom is 0.203 e. The van der Waals surface area contributed by atoms with Crippen LogP contribution in [0.5, 0.6) is 17.2 Å². The fourth-order valence-electron chi connectivity index (χ4n) is 2.07. The molecule has 23 heavy (non-hydrogen) atoms. The highest BCUT2D eigenvalue weighted by molar-refractivity contribution is 6.05. The van der Waals surface area contributed by atoms with E-state index in [1.165, 1.54) is 27.4 Å². The lowest BCUT2D eigenvalue weighted by molar-refractivity contribution is 0.104. The number of methoxy groups -OCH3 is 3. The molecule has 0 spiro atoms. The zero-order valence-corrected chi connectivity index (χ0v) is 13.3. The van der Waals surface area contributed by atoms with Crippen molar-refractivity contribution < 1.29 is 19.0 Å². The van der Waals surface area contributed by atoms with Crippen LogP contribution in [0.4, 0.5) is 5.69 Å². The lowest BCUT2D eigenvalue weighted by Crippen LogP contribution is -2.01. The van der Waals surface area contributed by atoms with Crippen LogP contribution in [-0.2, 0) is 0 Å². The maximum atomic E-state index is 12.3. The van der Waals surface area contributed by atoms with Crippen LogP contribution in [0.1, 0.15) is 10.4 Å². The van der Waals surface area contributed by atoms with Gasteiger partial charge < -0.3 is 19.5 Å². The number of allylic oxidation sites excluding steroid dienone is 1. The fourth-order valence-corrected chi connectivity index (χ4v) is 2.07. The van der Waals surface area contributed by atoms with Crippen LogP contribution < -0.4 is 19.5 Å². The molecule has 0 radical (unpaired) electrons. The van der Waals surface area contributed by atoms with E-state index in [1.807, 2.05) is 30.3 Å². The topological polar surface area (TPSA) is 56.8 Å². The van der Waals surface area contributed by atoms with Crippen LogP contribution in [0.15, 0.2) is 54.7 Å². The highest BCUT2D eigenvalue weighted by Crippen LogP contribution is 2.38. The average molecular weight is 313 g/mol. The molecule has 2 aromatic rings. The van der Waals surface area contributed by atoms with Gasteiger partial charge in [-0.15, -0.1) is 0 Å². The zero-order valence-electron chi connectivity index (χ0n) is 13.3. The number of ether oxygens (including phenoxy) is 3. The van der Waals surface area contributed by atoms with E-state index in [0.717, 1.165) is 5.69 Å². The molecule has 0 aliphatic rings. The van der Waals surface area contributed by atoms with E-state index >= 15 is 0 Å². The summed E-state index contributed by atoms with van der Waals surface area (Å²) in [6, 6.07) is 12.8. The number of carbonyl (C=O) groups is 1. The second-order valence-corrected chi connectivity index (χ2v) is 4.62. The zero-order chi connectivity index (χ0) is 16.7. The summed E-state index contributed by atoms with van der Waals surface area (Å²) in [4.78, 5) is 12.3. The number of anilines is 1. The van der Waals surface area contributed by atoms with Gasteiger partial charge in [-0.1, -0.05) is 18.2 Å². The molecule has 5 heteroatoms. The molecule has 0 unspecified atom stereocenters. The first-order chi connectivity index (χ1) is 11.2. The molecule has 120 valence electrons. The molecule has 0 amide bonds. The summed E-state index contributed by atoms with van der Waals surface area (Å²) < 4.78 is 15.7. The van der Waals surface area contributed by atoms with E-state index in [2.05, 4.69) is 5.32 Å². The van der Waals surface area contributed by atoms with Crippen LogP contribution in [0.2, 0.25) is 0 Å². The predicted molar refractivity (Wildman–Crippen MR) is 89.6 cm³/mol. The van der Waals surface area contributed by atoms with E-state index in [1.54, 1.807) is 18.3 Å². The third-order valence-corrected chi connectivity index (χ3v) is 3.21. The van der Waals surface area contributed by atoms with Crippen molar-refractivity contribution in [1.82, 2.24) is 0 Å². The average Bonchev–Trinajstić information content (AvgIpc) is 2.61. The van der Waals surface area contributed by atoms with E-state index in [4.69, 9.17) is 14.2 Å². The van der Waals surface area contributed by atoms with E-state index < -0.39 is 0 Å². The summed E-state index contributed by atoms with van der Waals surface area (Å²) in [7, 11) is 4.54. The highest BCUT2D eigenvalue weighted by atomic mass is 16.5. The summed E-state index contributed by atoms with van der Waals surface area (Å²) in [5, 5.41) is 3.04. The Balaban J connectivity index is 2.18. The number of ketones is 1. The number of rotatable bonds is 7. The Kier molecular flexibility index (Phi) is 5.63. The van der Waals surface area contributed by atoms with Crippen LogP contribution in [-0.4, -0.2) is 27.1 Å². The summed E-state index contributed by atoms with van der Waals surface area (Å²) >= 11 is 0. The van der Waals surface area contributed by atoms with Gasteiger partial charge in [-0.25, -0.2) is 0 Å². The Morgan fingerprint density at radius 2 is 1.57 bits per heavy atom. The molecule has 0 fully saturated rings. The van der Waals surface area contributed by atoms with Crippen LogP contribution >= 0.6 is 0 Å². The van der Waals surface area contributed by atoms with Crippen molar-refractivity contribution in [2.75, 3.05) is 26.6 Å². The minimum absolute atomic E-state index is 0.173. The van der Waals surface area contributed by atoms with Gasteiger partial charge in [0, 0.05) is 23.5 Å². The predicted octanol–water partition coefficient (Wildman–Crippen LogP) is 3.52. The molecule has 2 rings (SSSR count). The second kappa shape index (κ2) is 7.89. The number of para-hydroxylation sites is 1. The summed E-state index contributed by atoms with van der Waals surface area (Å²) in [6.07, 6.45) is 3.05. The van der Waals surface area contributed by atoms with Crippen molar-refractivity contribution in [3.8, 4) is 17.2 Å². The summed E-state index contributed by atoms with van der Waals surface area (Å²) in [6.45, 7) is 0. The Morgan fingerprint density at radius 3 is 2.09 bits per heavy atom. The van der Waals surface area contributed by atoms with Crippen molar-refractivity contribution in [3.05, 3.63) is 60.3 Å². The third-order valence-electron chi connectivity index (χ3n) is 3.21. The van der Waals surface area contributed by atoms with Crippen LogP contribution in [0, 0.1) is 0 Å². The van der Waals surface area contributed by atoms with Crippen LogP contribution in [0.3, 0.4) is 0 Å². The molecule has 5 nitrogen and oxygen atoms in total. The van der Waals surface area contributed by atoms with Crippen molar-refractivity contribution >= 4 is 11.5 Å². The first-order valence-electron chi connectivity index (χ1n) is 7.02. The molecule has 0 aliphatic carbocycles. The summed E-state index contributed by atoms with van der Waals surface area (Å²) in [5.41, 5.74) is 1.35. The minimum atomic E-state index is -0.173. The highest BCUT2D eigenvalue weighted by Gasteiger charge is 2.15. The van der Waals surface area contributed by atoms with Gasteiger partial charge in [-0.05, 0) is 24.3 Å². The molecular formula is C18H19NO4. The Morgan fingerprint density at radius 1 is 0.957 bits per heavy atom. The number of nitrogens with one attached hydrogen (secondary N) is 1. The number of benzene rings is 2. The molecule has 1 N–H and O–H groups in total. The smallest absolute Gasteiger partial charge is 0.203 e. The van der Waals surface area contributed by atoms with Crippen molar-refractivity contribution in [1.29, 1.82) is 0 Å². The largest absolute Gasteiger partial charge is 0.493 e. The van der Waals surface area contributed by atoms with E-state index in [0.29, 0.717) is 22.8 Å². The van der Waals surface area contributed by atoms with Crippen molar-refractivity contribution in [2.45, 2.75) is 0 Å². The van der Waals surface area contributed by atoms with Gasteiger partial charge in [0.2, 0.25) is 5.75 Å². The molecule has 0 aliphatic heterocycles. The monoisotopic (exact) mass is 313 g/mol. The first kappa shape index (κ1) is 16.4. The second-order valence-electron chi connectivity index (χ2n) is 4.62. The van der Waals surface area contributed by atoms with Gasteiger partial charge >= 0.3 is 0 Å². The molecule has 0 heterocycles. The Hall–Kier alpha value is -2.95. The maximum absolute atomic E-state index is 12.3. The molecular weight excluding hydrogens is 294 g/mol. The Labute approximate surface area is 135 Å². The third kappa shape index (κ3) is 4.03. The number of hydrogen-bond donors (Lipinski definition) is 1. The lowest BCUT2D eigenvalue weighted by Gasteiger charge is -2.13. The first-order valence-corrected chi connectivity index (χ1v) is 7.02. The van der Waals surface area contributed by atoms with E-state index in [-0.39, 0.29) is 5.78 Å². The van der Waals surface area contributed by atoms with Gasteiger partial charge in [0.15, 0.2) is 17.3 Å². The van der Waals surface area contributed by atoms with Crippen LogP contribution in [0.25, 0.3) is 0 Å². The molecule has 0 saturated carbocycles. The molecule has 2 aromatic carbocycles. The minimum Gasteiger partial charge on any atom is -0.493 e. The molecule has 0 bridgehead atoms.